The van der Waals surface area contributed by atoms with E-state index in [0.29, 0.717) is 6.04 Å². The molecular formula is C12H23NOS. The van der Waals surface area contributed by atoms with Crippen LogP contribution in [-0.4, -0.2) is 46.2 Å². The van der Waals surface area contributed by atoms with E-state index in [1.54, 1.807) is 0 Å². The number of hydrogen-bond donors (Lipinski definition) is 1. The van der Waals surface area contributed by atoms with Crippen LogP contribution in [0.25, 0.3) is 0 Å². The molecule has 0 amide bonds. The number of thioether (sulfide) groups is 1. The fourth-order valence-electron chi connectivity index (χ4n) is 2.81. The van der Waals surface area contributed by atoms with Crippen LogP contribution in [0.2, 0.25) is 0 Å². The van der Waals surface area contributed by atoms with Gasteiger partial charge in [0.05, 0.1) is 6.10 Å². The molecular weight excluding hydrogens is 206 g/mol. The average molecular weight is 229 g/mol. The van der Waals surface area contributed by atoms with Crippen LogP contribution in [-0.2, 0) is 0 Å². The summed E-state index contributed by atoms with van der Waals surface area (Å²) in [5.41, 5.74) is 0. The number of hydrogen-bond acceptors (Lipinski definition) is 3. The molecule has 2 fully saturated rings. The minimum absolute atomic E-state index is 0.0562. The first-order valence-electron chi connectivity index (χ1n) is 6.35. The highest BCUT2D eigenvalue weighted by atomic mass is 32.2. The second-order valence-corrected chi connectivity index (χ2v) is 6.22. The van der Waals surface area contributed by atoms with Crippen LogP contribution in [0.4, 0.5) is 0 Å². The summed E-state index contributed by atoms with van der Waals surface area (Å²) in [6, 6.07) is 0.466. The van der Waals surface area contributed by atoms with Crippen LogP contribution in [0.1, 0.15) is 39.0 Å². The van der Waals surface area contributed by atoms with Crippen LogP contribution in [0.3, 0.4) is 0 Å². The van der Waals surface area contributed by atoms with Crippen LogP contribution >= 0.6 is 11.8 Å². The molecule has 0 aromatic rings. The van der Waals surface area contributed by atoms with Crippen molar-refractivity contribution >= 4 is 11.8 Å². The summed E-state index contributed by atoms with van der Waals surface area (Å²) in [6.07, 6.45) is 5.97. The Balaban J connectivity index is 1.90. The topological polar surface area (TPSA) is 23.5 Å². The van der Waals surface area contributed by atoms with E-state index in [2.05, 4.69) is 23.6 Å². The van der Waals surface area contributed by atoms with Gasteiger partial charge in [-0.15, -0.1) is 0 Å². The van der Waals surface area contributed by atoms with E-state index in [1.807, 2.05) is 0 Å². The van der Waals surface area contributed by atoms with Crippen molar-refractivity contribution < 1.29 is 5.11 Å². The van der Waals surface area contributed by atoms with Crippen LogP contribution in [0.5, 0.6) is 0 Å². The van der Waals surface area contributed by atoms with Gasteiger partial charge in [0.2, 0.25) is 0 Å². The van der Waals surface area contributed by atoms with Gasteiger partial charge >= 0.3 is 0 Å². The zero-order chi connectivity index (χ0) is 10.7. The highest BCUT2D eigenvalue weighted by Crippen LogP contribution is 2.28. The maximum absolute atomic E-state index is 10.0. The minimum atomic E-state index is -0.0562. The summed E-state index contributed by atoms with van der Waals surface area (Å²) in [7, 11) is 0. The Bertz CT molecular complexity index is 200. The van der Waals surface area contributed by atoms with Gasteiger partial charge in [0, 0.05) is 30.1 Å². The molecule has 0 radical (unpaired) electrons. The van der Waals surface area contributed by atoms with Crippen molar-refractivity contribution in [3.63, 3.8) is 0 Å². The third-order valence-corrected chi connectivity index (χ3v) is 5.16. The Morgan fingerprint density at radius 1 is 1.33 bits per heavy atom. The molecule has 3 atom stereocenters. The molecule has 0 aromatic heterocycles. The quantitative estimate of drug-likeness (QED) is 0.784. The van der Waals surface area contributed by atoms with Crippen molar-refractivity contribution in [2.45, 2.75) is 56.4 Å². The lowest BCUT2D eigenvalue weighted by atomic mass is 9.91. The third kappa shape index (κ3) is 2.89. The molecule has 88 valence electrons. The van der Waals surface area contributed by atoms with Crippen molar-refractivity contribution in [2.24, 2.45) is 0 Å². The van der Waals surface area contributed by atoms with Gasteiger partial charge in [-0.3, -0.25) is 4.90 Å². The van der Waals surface area contributed by atoms with Gasteiger partial charge in [0.1, 0.15) is 0 Å². The molecule has 1 aliphatic carbocycles. The van der Waals surface area contributed by atoms with E-state index in [-0.39, 0.29) is 6.10 Å². The summed E-state index contributed by atoms with van der Waals surface area (Å²) in [4.78, 5) is 2.55. The van der Waals surface area contributed by atoms with Crippen LogP contribution < -0.4 is 0 Å². The first kappa shape index (κ1) is 11.7. The zero-order valence-corrected chi connectivity index (χ0v) is 10.5. The maximum Gasteiger partial charge on any atom is 0.0695 e. The molecule has 0 spiro atoms. The van der Waals surface area contributed by atoms with Crippen molar-refractivity contribution in [2.75, 3.05) is 18.8 Å². The fraction of sp³-hybridized carbons (Fsp3) is 1.00. The monoisotopic (exact) mass is 229 g/mol. The maximum atomic E-state index is 10.0. The fourth-order valence-corrected chi connectivity index (χ4v) is 4.01. The highest BCUT2D eigenvalue weighted by Gasteiger charge is 2.31. The van der Waals surface area contributed by atoms with Crippen LogP contribution in [0.15, 0.2) is 0 Å². The van der Waals surface area contributed by atoms with Gasteiger partial charge in [-0.05, 0) is 19.3 Å². The Hall–Kier alpha value is 0.270. The van der Waals surface area contributed by atoms with Gasteiger partial charge in [0.15, 0.2) is 0 Å². The minimum Gasteiger partial charge on any atom is -0.391 e. The largest absolute Gasteiger partial charge is 0.391 e. The molecule has 1 N–H and O–H groups in total. The lowest BCUT2D eigenvalue weighted by molar-refractivity contribution is 0.0212. The SMILES string of the molecule is CCC1CN([C@@H]2CCCC[C@H]2O)CCS1. The summed E-state index contributed by atoms with van der Waals surface area (Å²) in [5.74, 6) is 1.25. The van der Waals surface area contributed by atoms with E-state index in [9.17, 15) is 5.11 Å². The van der Waals surface area contributed by atoms with E-state index in [4.69, 9.17) is 0 Å². The summed E-state index contributed by atoms with van der Waals surface area (Å²) in [6.45, 7) is 4.66. The second-order valence-electron chi connectivity index (χ2n) is 4.82. The average Bonchev–Trinajstić information content (AvgIpc) is 2.30. The smallest absolute Gasteiger partial charge is 0.0695 e. The standard InChI is InChI=1S/C12H23NOS/c1-2-10-9-13(7-8-15-10)11-5-3-4-6-12(11)14/h10-12,14H,2-9H2,1H3/t10?,11-,12-/m1/s1. The van der Waals surface area contributed by atoms with Crippen molar-refractivity contribution in [1.29, 1.82) is 0 Å². The predicted molar refractivity (Wildman–Crippen MR) is 66.4 cm³/mol. The molecule has 2 rings (SSSR count). The lowest BCUT2D eigenvalue weighted by Gasteiger charge is -2.41. The molecule has 3 heteroatoms. The number of aliphatic hydroxyl groups is 1. The molecule has 15 heavy (non-hydrogen) atoms. The van der Waals surface area contributed by atoms with Gasteiger partial charge in [-0.2, -0.15) is 11.8 Å². The van der Waals surface area contributed by atoms with Crippen molar-refractivity contribution in [1.82, 2.24) is 4.90 Å². The number of aliphatic hydroxyl groups excluding tert-OH is 1. The van der Waals surface area contributed by atoms with E-state index < -0.39 is 0 Å². The van der Waals surface area contributed by atoms with Crippen molar-refractivity contribution in [3.8, 4) is 0 Å². The van der Waals surface area contributed by atoms with Gasteiger partial charge in [0.25, 0.3) is 0 Å². The van der Waals surface area contributed by atoms with E-state index >= 15 is 0 Å². The summed E-state index contributed by atoms with van der Waals surface area (Å²) < 4.78 is 0. The molecule has 1 saturated heterocycles. The second kappa shape index (κ2) is 5.55. The first-order chi connectivity index (χ1) is 7.31. The van der Waals surface area contributed by atoms with E-state index in [1.165, 1.54) is 44.5 Å². The zero-order valence-electron chi connectivity index (χ0n) is 9.69. The Labute approximate surface area is 97.4 Å². The Kier molecular flexibility index (Phi) is 4.35. The molecule has 1 aliphatic heterocycles. The van der Waals surface area contributed by atoms with E-state index in [0.717, 1.165) is 11.7 Å². The molecule has 1 heterocycles. The van der Waals surface area contributed by atoms with Gasteiger partial charge in [-0.1, -0.05) is 19.8 Å². The first-order valence-corrected chi connectivity index (χ1v) is 7.40. The highest BCUT2D eigenvalue weighted by molar-refractivity contribution is 8.00. The molecule has 2 nitrogen and oxygen atoms in total. The lowest BCUT2D eigenvalue weighted by Crippen LogP contribution is -2.50. The molecule has 1 unspecified atom stereocenters. The summed E-state index contributed by atoms with van der Waals surface area (Å²) >= 11 is 2.11. The Morgan fingerprint density at radius 2 is 2.13 bits per heavy atom. The molecule has 1 saturated carbocycles. The summed E-state index contributed by atoms with van der Waals surface area (Å²) in [5, 5.41) is 10.8. The predicted octanol–water partition coefficient (Wildman–Crippen LogP) is 2.12. The van der Waals surface area contributed by atoms with Crippen molar-refractivity contribution in [3.05, 3.63) is 0 Å². The molecule has 2 aliphatic rings. The number of nitrogens with zero attached hydrogens (tertiary/aromatic N) is 1. The third-order valence-electron chi connectivity index (χ3n) is 3.79. The number of rotatable bonds is 2. The normalized spacial score (nSPS) is 39.2. The molecule has 0 bridgehead atoms. The van der Waals surface area contributed by atoms with Gasteiger partial charge < -0.3 is 5.11 Å². The molecule has 0 aromatic carbocycles. The van der Waals surface area contributed by atoms with Gasteiger partial charge in [-0.25, -0.2) is 0 Å². The Morgan fingerprint density at radius 3 is 2.87 bits per heavy atom. The van der Waals surface area contributed by atoms with Crippen LogP contribution in [0, 0.1) is 0 Å².